The summed E-state index contributed by atoms with van der Waals surface area (Å²) in [5, 5.41) is 6.26. The number of aliphatic imine (C=N–C) groups is 1. The van der Waals surface area contributed by atoms with Gasteiger partial charge in [0, 0.05) is 45.1 Å². The summed E-state index contributed by atoms with van der Waals surface area (Å²) >= 11 is 3.16. The van der Waals surface area contributed by atoms with Gasteiger partial charge in [-0.25, -0.2) is 4.39 Å². The van der Waals surface area contributed by atoms with Crippen LogP contribution in [0.1, 0.15) is 24.8 Å². The molecule has 2 fully saturated rings. The number of guanidine groups is 1. The van der Waals surface area contributed by atoms with Crippen molar-refractivity contribution in [3.63, 3.8) is 0 Å². The molecular formula is C17H22BrFN4O. The molecule has 3 rings (SSSR count). The van der Waals surface area contributed by atoms with Crippen molar-refractivity contribution in [2.75, 3.05) is 26.7 Å². The van der Waals surface area contributed by atoms with Gasteiger partial charge in [-0.3, -0.25) is 9.79 Å². The monoisotopic (exact) mass is 396 g/mol. The molecule has 1 spiro atoms. The standard InChI is InChI=1S/C17H22BrFN4O/c1-20-16(21-9-12-3-4-13(18)14(19)7-12)23-6-2-5-17(11-23)8-15(24)22-10-17/h3-4,7H,2,5-6,8-11H2,1H3,(H,20,21)(H,22,24). The van der Waals surface area contributed by atoms with Gasteiger partial charge in [-0.15, -0.1) is 0 Å². The lowest BCUT2D eigenvalue weighted by Gasteiger charge is -2.40. The van der Waals surface area contributed by atoms with Crippen molar-refractivity contribution in [1.29, 1.82) is 0 Å². The van der Waals surface area contributed by atoms with Crippen molar-refractivity contribution in [2.45, 2.75) is 25.8 Å². The fourth-order valence-electron chi connectivity index (χ4n) is 3.59. The molecule has 7 heteroatoms. The molecular weight excluding hydrogens is 375 g/mol. The second kappa shape index (κ2) is 7.09. The minimum absolute atomic E-state index is 0.0245. The number of likely N-dealkylation sites (tertiary alicyclic amines) is 1. The predicted octanol–water partition coefficient (Wildman–Crippen LogP) is 2.27. The third-order valence-corrected chi connectivity index (χ3v) is 5.45. The van der Waals surface area contributed by atoms with Crippen LogP contribution in [-0.2, 0) is 11.3 Å². The van der Waals surface area contributed by atoms with E-state index >= 15 is 0 Å². The van der Waals surface area contributed by atoms with Crippen LogP contribution in [0.3, 0.4) is 0 Å². The molecule has 1 unspecified atom stereocenters. The highest BCUT2D eigenvalue weighted by Gasteiger charge is 2.42. The van der Waals surface area contributed by atoms with Crippen molar-refractivity contribution >= 4 is 27.8 Å². The molecule has 0 saturated carbocycles. The average molecular weight is 397 g/mol. The molecule has 2 saturated heterocycles. The summed E-state index contributed by atoms with van der Waals surface area (Å²) in [7, 11) is 1.75. The molecule has 0 aliphatic carbocycles. The molecule has 2 aliphatic rings. The van der Waals surface area contributed by atoms with Gasteiger partial charge in [0.1, 0.15) is 5.82 Å². The van der Waals surface area contributed by atoms with Gasteiger partial charge < -0.3 is 15.5 Å². The van der Waals surface area contributed by atoms with E-state index in [2.05, 4.69) is 36.5 Å². The van der Waals surface area contributed by atoms with E-state index in [9.17, 15) is 9.18 Å². The highest BCUT2D eigenvalue weighted by Crippen LogP contribution is 2.36. The van der Waals surface area contributed by atoms with Gasteiger partial charge in [-0.1, -0.05) is 6.07 Å². The van der Waals surface area contributed by atoms with Gasteiger partial charge >= 0.3 is 0 Å². The molecule has 130 valence electrons. The topological polar surface area (TPSA) is 56.7 Å². The molecule has 1 amide bonds. The Hall–Kier alpha value is -1.63. The fourth-order valence-corrected chi connectivity index (χ4v) is 3.84. The summed E-state index contributed by atoms with van der Waals surface area (Å²) in [5.74, 6) is 0.679. The Bertz CT molecular complexity index is 666. The summed E-state index contributed by atoms with van der Waals surface area (Å²) in [6, 6.07) is 5.10. The van der Waals surface area contributed by atoms with Crippen LogP contribution < -0.4 is 10.6 Å². The Balaban J connectivity index is 1.63. The molecule has 2 heterocycles. The number of nitrogens with one attached hydrogen (secondary N) is 2. The summed E-state index contributed by atoms with van der Waals surface area (Å²) in [5.41, 5.74) is 0.887. The van der Waals surface area contributed by atoms with Crippen molar-refractivity contribution < 1.29 is 9.18 Å². The van der Waals surface area contributed by atoms with Gasteiger partial charge in [-0.2, -0.15) is 0 Å². The number of benzene rings is 1. The Morgan fingerprint density at radius 2 is 2.38 bits per heavy atom. The first kappa shape index (κ1) is 17.2. The van der Waals surface area contributed by atoms with E-state index in [1.165, 1.54) is 6.07 Å². The SMILES string of the molecule is CN=C(NCc1ccc(Br)c(F)c1)N1CCCC2(CNC(=O)C2)C1. The van der Waals surface area contributed by atoms with E-state index in [0.29, 0.717) is 17.4 Å². The number of piperidine rings is 1. The molecule has 24 heavy (non-hydrogen) atoms. The smallest absolute Gasteiger partial charge is 0.220 e. The first-order chi connectivity index (χ1) is 11.5. The number of hydrogen-bond acceptors (Lipinski definition) is 2. The largest absolute Gasteiger partial charge is 0.355 e. The van der Waals surface area contributed by atoms with Crippen LogP contribution in [-0.4, -0.2) is 43.4 Å². The van der Waals surface area contributed by atoms with Crippen LogP contribution in [0.2, 0.25) is 0 Å². The van der Waals surface area contributed by atoms with Crippen molar-refractivity contribution in [3.8, 4) is 0 Å². The zero-order valence-electron chi connectivity index (χ0n) is 13.7. The Labute approximate surface area is 149 Å². The number of carbonyl (C=O) groups excluding carboxylic acids is 1. The third-order valence-electron chi connectivity index (χ3n) is 4.80. The zero-order chi connectivity index (χ0) is 17.2. The van der Waals surface area contributed by atoms with Gasteiger partial charge in [0.2, 0.25) is 5.91 Å². The third kappa shape index (κ3) is 3.71. The summed E-state index contributed by atoms with van der Waals surface area (Å²) < 4.78 is 14.1. The molecule has 1 aromatic carbocycles. The number of rotatable bonds is 2. The van der Waals surface area contributed by atoms with Gasteiger partial charge in [0.25, 0.3) is 0 Å². The number of halogens is 2. The summed E-state index contributed by atoms with van der Waals surface area (Å²) in [6.07, 6.45) is 2.71. The molecule has 1 atom stereocenters. The maximum Gasteiger partial charge on any atom is 0.220 e. The Morgan fingerprint density at radius 3 is 3.04 bits per heavy atom. The van der Waals surface area contributed by atoms with E-state index < -0.39 is 0 Å². The van der Waals surface area contributed by atoms with E-state index in [1.54, 1.807) is 13.1 Å². The molecule has 5 nitrogen and oxygen atoms in total. The van der Waals surface area contributed by atoms with Gasteiger partial charge in [-0.05, 0) is 46.5 Å². The van der Waals surface area contributed by atoms with Crippen LogP contribution in [0.15, 0.2) is 27.7 Å². The normalized spacial score (nSPS) is 24.4. The molecule has 0 aromatic heterocycles. The second-order valence-electron chi connectivity index (χ2n) is 6.63. The number of amides is 1. The van der Waals surface area contributed by atoms with E-state index in [4.69, 9.17) is 0 Å². The van der Waals surface area contributed by atoms with E-state index in [-0.39, 0.29) is 17.1 Å². The average Bonchev–Trinajstić information content (AvgIpc) is 2.91. The highest BCUT2D eigenvalue weighted by atomic mass is 79.9. The van der Waals surface area contributed by atoms with Crippen molar-refractivity contribution in [1.82, 2.24) is 15.5 Å². The maximum absolute atomic E-state index is 13.6. The van der Waals surface area contributed by atoms with Crippen molar-refractivity contribution in [3.05, 3.63) is 34.1 Å². The number of carbonyl (C=O) groups is 1. The lowest BCUT2D eigenvalue weighted by Crippen LogP contribution is -2.51. The summed E-state index contributed by atoms with van der Waals surface area (Å²) in [4.78, 5) is 18.2. The Kier molecular flexibility index (Phi) is 5.08. The summed E-state index contributed by atoms with van der Waals surface area (Å²) in [6.45, 7) is 3.00. The van der Waals surface area contributed by atoms with Crippen LogP contribution >= 0.6 is 15.9 Å². The highest BCUT2D eigenvalue weighted by molar-refractivity contribution is 9.10. The van der Waals surface area contributed by atoms with Gasteiger partial charge in [0.05, 0.1) is 4.47 Å². The van der Waals surface area contributed by atoms with Crippen LogP contribution in [0.5, 0.6) is 0 Å². The second-order valence-corrected chi connectivity index (χ2v) is 7.48. The number of hydrogen-bond donors (Lipinski definition) is 2. The fraction of sp³-hybridized carbons (Fsp3) is 0.529. The minimum Gasteiger partial charge on any atom is -0.355 e. The van der Waals surface area contributed by atoms with Crippen LogP contribution in [0.4, 0.5) is 4.39 Å². The first-order valence-corrected chi connectivity index (χ1v) is 8.97. The number of nitrogens with zero attached hydrogens (tertiary/aromatic N) is 2. The van der Waals surface area contributed by atoms with E-state index in [0.717, 1.165) is 44.0 Å². The van der Waals surface area contributed by atoms with Crippen molar-refractivity contribution in [2.24, 2.45) is 10.4 Å². The predicted molar refractivity (Wildman–Crippen MR) is 95.2 cm³/mol. The van der Waals surface area contributed by atoms with Gasteiger partial charge in [0.15, 0.2) is 5.96 Å². The molecule has 1 aromatic rings. The molecule has 0 bridgehead atoms. The van der Waals surface area contributed by atoms with Crippen LogP contribution in [0, 0.1) is 11.2 Å². The maximum atomic E-state index is 13.6. The lowest BCUT2D eigenvalue weighted by molar-refractivity contribution is -0.119. The quantitative estimate of drug-likeness (QED) is 0.595. The lowest BCUT2D eigenvalue weighted by atomic mass is 9.79. The van der Waals surface area contributed by atoms with E-state index in [1.807, 2.05) is 6.07 Å². The van der Waals surface area contributed by atoms with Crippen LogP contribution in [0.25, 0.3) is 0 Å². The first-order valence-electron chi connectivity index (χ1n) is 8.18. The molecule has 2 N–H and O–H groups in total. The minimum atomic E-state index is -0.267. The zero-order valence-corrected chi connectivity index (χ0v) is 15.3. The Morgan fingerprint density at radius 1 is 1.54 bits per heavy atom. The molecule has 0 radical (unpaired) electrons. The molecule has 2 aliphatic heterocycles.